The molecule has 0 saturated carbocycles. The Kier molecular flexibility index (Phi) is 1.16. The van der Waals surface area contributed by atoms with Crippen LogP contribution in [0.2, 0.25) is 0 Å². The second kappa shape index (κ2) is 2.01. The molecule has 0 amide bonds. The summed E-state index contributed by atoms with van der Waals surface area (Å²) in [5.74, 6) is 0. The quantitative estimate of drug-likeness (QED) is 0.579. The van der Waals surface area contributed by atoms with E-state index in [1.54, 1.807) is 0 Å². The molecule has 3 nitrogen and oxygen atoms in total. The second-order valence-electron chi connectivity index (χ2n) is 2.66. The third kappa shape index (κ3) is 0.701. The molecule has 54 valence electrons. The van der Waals surface area contributed by atoms with E-state index in [9.17, 15) is 4.79 Å². The molecule has 0 aromatic carbocycles. The fraction of sp³-hybridized carbons (Fsp3) is 0.571. The van der Waals surface area contributed by atoms with Crippen LogP contribution in [0.25, 0.3) is 0 Å². The summed E-state index contributed by atoms with van der Waals surface area (Å²) in [6.07, 6.45) is 4.15. The van der Waals surface area contributed by atoms with Gasteiger partial charge >= 0.3 is 5.63 Å². The van der Waals surface area contributed by atoms with E-state index < -0.39 is 0 Å². The molecule has 0 unspecified atom stereocenters. The fourth-order valence-electron chi connectivity index (χ4n) is 1.41. The molecule has 0 radical (unpaired) electrons. The van der Waals surface area contributed by atoms with E-state index in [1.807, 2.05) is 0 Å². The van der Waals surface area contributed by atoms with Crippen molar-refractivity contribution in [2.75, 3.05) is 0 Å². The standard InChI is InChI=1S/C7H9NO2/c9-7-5-3-1-2-4-6(5)8-10-7/h8H,1-4H2. The molecular formula is C7H9NO2. The van der Waals surface area contributed by atoms with Crippen molar-refractivity contribution in [2.24, 2.45) is 0 Å². The van der Waals surface area contributed by atoms with Gasteiger partial charge in [-0.2, -0.15) is 0 Å². The molecule has 1 aromatic rings. The lowest BCUT2D eigenvalue weighted by molar-refractivity contribution is 0.384. The molecule has 0 atom stereocenters. The third-order valence-electron chi connectivity index (χ3n) is 1.98. The molecule has 1 aromatic heterocycles. The fourth-order valence-corrected chi connectivity index (χ4v) is 1.41. The van der Waals surface area contributed by atoms with E-state index in [2.05, 4.69) is 9.68 Å². The minimum atomic E-state index is -0.172. The van der Waals surface area contributed by atoms with Crippen LogP contribution in [0.15, 0.2) is 9.32 Å². The topological polar surface area (TPSA) is 46.0 Å². The smallest absolute Gasteiger partial charge is 0.339 e. The Bertz CT molecular complexity index is 284. The predicted octanol–water partition coefficient (Wildman–Crippen LogP) is 0.847. The highest BCUT2D eigenvalue weighted by Gasteiger charge is 2.14. The molecule has 3 heteroatoms. The number of fused-ring (bicyclic) bond motifs is 1. The average Bonchev–Trinajstić information content (AvgIpc) is 2.34. The van der Waals surface area contributed by atoms with E-state index in [0.29, 0.717) is 0 Å². The predicted molar refractivity (Wildman–Crippen MR) is 36.0 cm³/mol. The Labute approximate surface area is 58.0 Å². The monoisotopic (exact) mass is 139 g/mol. The molecule has 1 aliphatic carbocycles. The van der Waals surface area contributed by atoms with Crippen molar-refractivity contribution in [1.82, 2.24) is 5.16 Å². The SMILES string of the molecule is O=c1o[nH]c2c1CCCC2. The van der Waals surface area contributed by atoms with Crippen LogP contribution in [0.3, 0.4) is 0 Å². The number of hydrogen-bond donors (Lipinski definition) is 1. The van der Waals surface area contributed by atoms with Crippen LogP contribution in [-0.2, 0) is 12.8 Å². The summed E-state index contributed by atoms with van der Waals surface area (Å²) >= 11 is 0. The summed E-state index contributed by atoms with van der Waals surface area (Å²) in [6, 6.07) is 0. The van der Waals surface area contributed by atoms with Crippen LogP contribution in [0, 0.1) is 0 Å². The zero-order valence-corrected chi connectivity index (χ0v) is 5.64. The van der Waals surface area contributed by atoms with Gasteiger partial charge in [0.25, 0.3) is 0 Å². The van der Waals surface area contributed by atoms with Gasteiger partial charge in [0.1, 0.15) is 0 Å². The van der Waals surface area contributed by atoms with Crippen molar-refractivity contribution in [3.63, 3.8) is 0 Å². The molecular weight excluding hydrogens is 130 g/mol. The van der Waals surface area contributed by atoms with Crippen LogP contribution in [0.1, 0.15) is 24.1 Å². The molecule has 10 heavy (non-hydrogen) atoms. The highest BCUT2D eigenvalue weighted by molar-refractivity contribution is 5.17. The number of aromatic nitrogens is 1. The highest BCUT2D eigenvalue weighted by Crippen LogP contribution is 2.15. The lowest BCUT2D eigenvalue weighted by Crippen LogP contribution is -2.08. The number of hydrogen-bond acceptors (Lipinski definition) is 2. The van der Waals surface area contributed by atoms with Crippen LogP contribution >= 0.6 is 0 Å². The van der Waals surface area contributed by atoms with Gasteiger partial charge in [0.05, 0.1) is 11.3 Å². The van der Waals surface area contributed by atoms with Crippen molar-refractivity contribution < 1.29 is 4.52 Å². The maximum Gasteiger partial charge on any atom is 0.360 e. The van der Waals surface area contributed by atoms with E-state index in [0.717, 1.165) is 30.5 Å². The van der Waals surface area contributed by atoms with Gasteiger partial charge in [-0.1, -0.05) is 0 Å². The highest BCUT2D eigenvalue weighted by atomic mass is 16.5. The lowest BCUT2D eigenvalue weighted by Gasteiger charge is -2.05. The van der Waals surface area contributed by atoms with Crippen LogP contribution in [0.5, 0.6) is 0 Å². The van der Waals surface area contributed by atoms with Crippen molar-refractivity contribution >= 4 is 0 Å². The molecule has 0 bridgehead atoms. The molecule has 0 aliphatic heterocycles. The normalized spacial score (nSPS) is 16.8. The summed E-state index contributed by atoms with van der Waals surface area (Å²) in [7, 11) is 0. The number of aryl methyl sites for hydroxylation is 1. The van der Waals surface area contributed by atoms with Gasteiger partial charge < -0.3 is 4.52 Å². The van der Waals surface area contributed by atoms with E-state index in [4.69, 9.17) is 0 Å². The minimum Gasteiger partial charge on any atom is -0.339 e. The Morgan fingerprint density at radius 3 is 2.90 bits per heavy atom. The number of rotatable bonds is 0. The Hall–Kier alpha value is -0.990. The van der Waals surface area contributed by atoms with E-state index in [-0.39, 0.29) is 5.63 Å². The first-order chi connectivity index (χ1) is 4.88. The Morgan fingerprint density at radius 1 is 1.30 bits per heavy atom. The minimum absolute atomic E-state index is 0.172. The summed E-state index contributed by atoms with van der Waals surface area (Å²) in [6.45, 7) is 0. The van der Waals surface area contributed by atoms with Gasteiger partial charge in [-0.05, 0) is 25.7 Å². The third-order valence-corrected chi connectivity index (χ3v) is 1.98. The maximum absolute atomic E-state index is 10.9. The summed E-state index contributed by atoms with van der Waals surface area (Å²) in [4.78, 5) is 10.9. The largest absolute Gasteiger partial charge is 0.360 e. The van der Waals surface area contributed by atoms with Gasteiger partial charge in [-0.25, -0.2) is 9.95 Å². The van der Waals surface area contributed by atoms with Gasteiger partial charge in [0.15, 0.2) is 0 Å². The molecule has 0 spiro atoms. The second-order valence-corrected chi connectivity index (χ2v) is 2.66. The maximum atomic E-state index is 10.9. The van der Waals surface area contributed by atoms with Gasteiger partial charge in [0, 0.05) is 0 Å². The van der Waals surface area contributed by atoms with Crippen LogP contribution in [-0.4, -0.2) is 5.16 Å². The van der Waals surface area contributed by atoms with Gasteiger partial charge in [-0.3, -0.25) is 0 Å². The van der Waals surface area contributed by atoms with Crippen molar-refractivity contribution in [2.45, 2.75) is 25.7 Å². The molecule has 1 aliphatic rings. The number of nitrogens with one attached hydrogen (secondary N) is 1. The molecule has 0 fully saturated rings. The zero-order valence-electron chi connectivity index (χ0n) is 5.64. The Balaban J connectivity index is 2.55. The van der Waals surface area contributed by atoms with Gasteiger partial charge in [0.2, 0.25) is 0 Å². The van der Waals surface area contributed by atoms with Crippen molar-refractivity contribution in [1.29, 1.82) is 0 Å². The van der Waals surface area contributed by atoms with Crippen molar-refractivity contribution in [3.8, 4) is 0 Å². The molecule has 1 N–H and O–H groups in total. The van der Waals surface area contributed by atoms with Gasteiger partial charge in [-0.15, -0.1) is 0 Å². The number of H-pyrrole nitrogens is 1. The van der Waals surface area contributed by atoms with Crippen molar-refractivity contribution in [3.05, 3.63) is 21.7 Å². The summed E-state index contributed by atoms with van der Waals surface area (Å²) in [5, 5.41) is 2.64. The lowest BCUT2D eigenvalue weighted by atomic mass is 9.98. The first-order valence-electron chi connectivity index (χ1n) is 3.57. The molecule has 2 rings (SSSR count). The summed E-state index contributed by atoms with van der Waals surface area (Å²) < 4.78 is 4.64. The van der Waals surface area contributed by atoms with Crippen LogP contribution in [0.4, 0.5) is 0 Å². The average molecular weight is 139 g/mol. The van der Waals surface area contributed by atoms with E-state index in [1.165, 1.54) is 6.42 Å². The molecule has 0 saturated heterocycles. The zero-order chi connectivity index (χ0) is 6.97. The number of aromatic amines is 1. The Morgan fingerprint density at radius 2 is 2.10 bits per heavy atom. The summed E-state index contributed by atoms with van der Waals surface area (Å²) in [5.41, 5.74) is 1.71. The van der Waals surface area contributed by atoms with E-state index >= 15 is 0 Å². The first-order valence-corrected chi connectivity index (χ1v) is 3.57. The molecule has 1 heterocycles. The van der Waals surface area contributed by atoms with Crippen LogP contribution < -0.4 is 5.63 Å². The first kappa shape index (κ1) is 5.77.